The summed E-state index contributed by atoms with van der Waals surface area (Å²) in [6.45, 7) is 6.29. The van der Waals surface area contributed by atoms with E-state index in [0.29, 0.717) is 38.5 Å². The van der Waals surface area contributed by atoms with Crippen LogP contribution in [0.4, 0.5) is 0 Å². The zero-order valence-corrected chi connectivity index (χ0v) is 32.0. The summed E-state index contributed by atoms with van der Waals surface area (Å²) in [4.78, 5) is 53.1. The number of aliphatic hydroxyl groups is 5. The molecule has 15 nitrogen and oxygen atoms in total. The van der Waals surface area contributed by atoms with Crippen LogP contribution in [0, 0.1) is 0 Å². The second-order valence-corrected chi connectivity index (χ2v) is 14.0. The average molecular weight is 764 g/mol. The molecule has 2 aliphatic rings. The van der Waals surface area contributed by atoms with Crippen LogP contribution < -0.4 is 0 Å². The lowest BCUT2D eigenvalue weighted by molar-refractivity contribution is -0.406. The summed E-state index contributed by atoms with van der Waals surface area (Å²) >= 11 is 0. The molecule has 2 aliphatic heterocycles. The lowest BCUT2D eigenvalue weighted by atomic mass is 9.82. The third-order valence-electron chi connectivity index (χ3n) is 9.55. The Bertz CT molecular complexity index is 1120. The molecule has 0 radical (unpaired) electrons. The van der Waals surface area contributed by atoms with Gasteiger partial charge in [0.2, 0.25) is 5.79 Å². The van der Waals surface area contributed by atoms with E-state index in [-0.39, 0.29) is 25.7 Å². The van der Waals surface area contributed by atoms with Gasteiger partial charge in [0, 0.05) is 27.0 Å². The number of hydrogen-bond donors (Lipinski definition) is 5. The van der Waals surface area contributed by atoms with E-state index in [9.17, 15) is 44.7 Å². The van der Waals surface area contributed by atoms with Crippen LogP contribution in [0.1, 0.15) is 145 Å². The molecular formula is C38H66O15. The van der Waals surface area contributed by atoms with E-state index < -0.39 is 104 Å². The third-order valence-corrected chi connectivity index (χ3v) is 9.55. The Hall–Kier alpha value is -2.40. The van der Waals surface area contributed by atoms with Gasteiger partial charge in [-0.15, -0.1) is 0 Å². The average Bonchev–Trinajstić information content (AvgIpc) is 3.14. The molecule has 0 spiro atoms. The summed E-state index contributed by atoms with van der Waals surface area (Å²) in [7, 11) is 0. The van der Waals surface area contributed by atoms with E-state index in [1.165, 1.54) is 0 Å². The maximum atomic E-state index is 13.6. The van der Waals surface area contributed by atoms with E-state index in [1.807, 2.05) is 27.7 Å². The lowest BCUT2D eigenvalue weighted by Crippen LogP contribution is -2.76. The molecule has 0 saturated carbocycles. The normalized spacial score (nSPS) is 30.9. The highest BCUT2D eigenvalue weighted by atomic mass is 16.7. The first-order chi connectivity index (χ1) is 25.8. The number of esters is 4. The molecule has 5 N–H and O–H groups in total. The molecular weight excluding hydrogens is 696 g/mol. The Labute approximate surface area is 315 Å². The smallest absolute Gasteiger partial charge is 0.306 e. The van der Waals surface area contributed by atoms with Crippen molar-refractivity contribution >= 4 is 23.9 Å². The standard InChI is InChI=1S/C38H66O15/c1-5-9-13-14-18-22-30(43)52-37-35(51-29(42)21-17-12-8-4)34(50-28(41)20-16-11-7-3)26(24-48-27(40)19-15-10-6-2)53-38(37,47)36-33(46)32(45)31(44)25(23-39)49-36/h25-26,31-37,39,44-47H,5-24H2,1-4H3/t25-,26-,31+,32+,33-,34-,35+,36?,37+,38?/m1/s1/i22D/t22?,25-,26-,31+,32+,33-,34-,35+,36?,37+,38?. The Balaban J connectivity index is 2.72. The Morgan fingerprint density at radius 1 is 0.623 bits per heavy atom. The molecule has 0 aromatic rings. The Morgan fingerprint density at radius 3 is 1.68 bits per heavy atom. The van der Waals surface area contributed by atoms with Gasteiger partial charge in [0.25, 0.3) is 0 Å². The van der Waals surface area contributed by atoms with Crippen molar-refractivity contribution in [2.75, 3.05) is 13.2 Å². The molecule has 308 valence electrons. The summed E-state index contributed by atoms with van der Waals surface area (Å²) in [5.74, 6) is -6.45. The Kier molecular flexibility index (Phi) is 21.1. The maximum absolute atomic E-state index is 13.6. The summed E-state index contributed by atoms with van der Waals surface area (Å²) in [5, 5.41) is 55.0. The van der Waals surface area contributed by atoms with Gasteiger partial charge in [0.1, 0.15) is 43.2 Å². The summed E-state index contributed by atoms with van der Waals surface area (Å²) in [5.41, 5.74) is 0. The minimum atomic E-state index is -3.08. The molecule has 11 atom stereocenters. The number of rotatable bonds is 25. The number of hydrogen-bond acceptors (Lipinski definition) is 15. The molecule has 0 amide bonds. The maximum Gasteiger partial charge on any atom is 0.306 e. The Morgan fingerprint density at radius 2 is 1.13 bits per heavy atom. The molecule has 53 heavy (non-hydrogen) atoms. The van der Waals surface area contributed by atoms with Crippen molar-refractivity contribution in [3.05, 3.63) is 0 Å². The van der Waals surface area contributed by atoms with Crippen LogP contribution >= 0.6 is 0 Å². The molecule has 2 heterocycles. The van der Waals surface area contributed by atoms with Crippen LogP contribution in [-0.4, -0.2) is 123 Å². The predicted molar refractivity (Wildman–Crippen MR) is 190 cm³/mol. The fraction of sp³-hybridized carbons (Fsp3) is 0.895. The van der Waals surface area contributed by atoms with E-state index >= 15 is 0 Å². The fourth-order valence-corrected chi connectivity index (χ4v) is 6.41. The second-order valence-electron chi connectivity index (χ2n) is 14.0. The molecule has 2 fully saturated rings. The number of carbonyl (C=O) groups excluding carboxylic acids is 4. The highest BCUT2D eigenvalue weighted by Crippen LogP contribution is 2.41. The topological polar surface area (TPSA) is 225 Å². The van der Waals surface area contributed by atoms with Gasteiger partial charge in [-0.3, -0.25) is 19.2 Å². The van der Waals surface area contributed by atoms with Gasteiger partial charge in [-0.25, -0.2) is 0 Å². The van der Waals surface area contributed by atoms with Gasteiger partial charge in [0.05, 0.1) is 6.61 Å². The number of ether oxygens (including phenoxy) is 6. The van der Waals surface area contributed by atoms with Crippen LogP contribution in [-0.2, 0) is 47.6 Å². The van der Waals surface area contributed by atoms with Gasteiger partial charge in [0.15, 0.2) is 18.3 Å². The highest BCUT2D eigenvalue weighted by molar-refractivity contribution is 5.72. The van der Waals surface area contributed by atoms with Crippen molar-refractivity contribution < 1.29 is 74.5 Å². The second kappa shape index (κ2) is 24.9. The molecule has 0 aliphatic carbocycles. The summed E-state index contributed by atoms with van der Waals surface area (Å²) < 4.78 is 43.4. The van der Waals surface area contributed by atoms with Crippen molar-refractivity contribution in [1.29, 1.82) is 0 Å². The van der Waals surface area contributed by atoms with E-state index in [1.54, 1.807) is 0 Å². The van der Waals surface area contributed by atoms with E-state index in [2.05, 4.69) is 0 Å². The van der Waals surface area contributed by atoms with Crippen LogP contribution in [0.15, 0.2) is 0 Å². The first-order valence-corrected chi connectivity index (χ1v) is 19.7. The number of aliphatic hydroxyl groups excluding tert-OH is 4. The van der Waals surface area contributed by atoms with Gasteiger partial charge in [-0.05, 0) is 25.7 Å². The first kappa shape index (κ1) is 45.0. The quantitative estimate of drug-likeness (QED) is 0.0511. The van der Waals surface area contributed by atoms with Crippen molar-refractivity contribution in [3.8, 4) is 0 Å². The molecule has 15 heteroatoms. The van der Waals surface area contributed by atoms with Crippen LogP contribution in [0.3, 0.4) is 0 Å². The molecule has 0 bridgehead atoms. The van der Waals surface area contributed by atoms with Gasteiger partial charge >= 0.3 is 23.9 Å². The monoisotopic (exact) mass is 763 g/mol. The van der Waals surface area contributed by atoms with Gasteiger partial charge in [-0.2, -0.15) is 0 Å². The molecule has 0 aromatic heterocycles. The van der Waals surface area contributed by atoms with Crippen molar-refractivity contribution in [2.24, 2.45) is 0 Å². The van der Waals surface area contributed by atoms with Crippen LogP contribution in [0.2, 0.25) is 0 Å². The van der Waals surface area contributed by atoms with Crippen molar-refractivity contribution in [1.82, 2.24) is 0 Å². The largest absolute Gasteiger partial charge is 0.463 e. The minimum Gasteiger partial charge on any atom is -0.463 e. The zero-order valence-electron chi connectivity index (χ0n) is 33.0. The molecule has 2 rings (SSSR count). The van der Waals surface area contributed by atoms with Crippen LogP contribution in [0.25, 0.3) is 0 Å². The van der Waals surface area contributed by atoms with E-state index in [4.69, 9.17) is 29.8 Å². The van der Waals surface area contributed by atoms with Gasteiger partial charge in [-0.1, -0.05) is 91.9 Å². The number of carbonyl (C=O) groups is 4. The summed E-state index contributed by atoms with van der Waals surface area (Å²) in [6.07, 6.45) is -9.59. The fourth-order valence-electron chi connectivity index (χ4n) is 6.41. The van der Waals surface area contributed by atoms with E-state index in [0.717, 1.165) is 44.9 Å². The lowest BCUT2D eigenvalue weighted by Gasteiger charge is -2.54. The number of unbranched alkanes of at least 4 members (excludes halogenated alkanes) is 9. The first-order valence-electron chi connectivity index (χ1n) is 20.2. The highest BCUT2D eigenvalue weighted by Gasteiger charge is 2.66. The molecule has 2 saturated heterocycles. The predicted octanol–water partition coefficient (Wildman–Crippen LogP) is 3.30. The van der Waals surface area contributed by atoms with Crippen molar-refractivity contribution in [3.63, 3.8) is 0 Å². The SMILES string of the molecule is [2H]C(CCCCCC)C(=O)O[C@H]1[C@@H](OC(=O)CCCCC)[C@H](OC(=O)CCCCC)[C@@H](COC(=O)CCCCC)OC1(O)C1O[C@H](CO)[C@H](O)[C@H](O)[C@H]1O. The van der Waals surface area contributed by atoms with Crippen molar-refractivity contribution in [2.45, 2.75) is 204 Å². The zero-order chi connectivity index (χ0) is 40.3. The third kappa shape index (κ3) is 14.6. The molecule has 0 aromatic carbocycles. The van der Waals surface area contributed by atoms with Gasteiger partial charge < -0.3 is 54.0 Å². The summed E-state index contributed by atoms with van der Waals surface area (Å²) in [6, 6.07) is 0. The molecule has 3 unspecified atom stereocenters. The van der Waals surface area contributed by atoms with Crippen LogP contribution in [0.5, 0.6) is 0 Å². The minimum absolute atomic E-state index is 0.0399.